The number of pyridine rings is 1. The van der Waals surface area contributed by atoms with Crippen LogP contribution in [0.2, 0.25) is 0 Å². The van der Waals surface area contributed by atoms with Gasteiger partial charge in [-0.05, 0) is 56.2 Å². The molecule has 2 aromatic heterocycles. The molecule has 2 heterocycles. The van der Waals surface area contributed by atoms with Crippen LogP contribution in [-0.4, -0.2) is 21.1 Å². The van der Waals surface area contributed by atoms with Gasteiger partial charge in [0.2, 0.25) is 0 Å². The summed E-state index contributed by atoms with van der Waals surface area (Å²) >= 11 is 0. The molecule has 0 saturated heterocycles. The van der Waals surface area contributed by atoms with Crippen LogP contribution in [0.15, 0.2) is 29.1 Å². The highest BCUT2D eigenvalue weighted by Gasteiger charge is 2.21. The number of anilines is 1. The lowest BCUT2D eigenvalue weighted by atomic mass is 9.96. The predicted octanol–water partition coefficient (Wildman–Crippen LogP) is 2.69. The van der Waals surface area contributed by atoms with Gasteiger partial charge in [0.25, 0.3) is 11.5 Å². The summed E-state index contributed by atoms with van der Waals surface area (Å²) in [5.41, 5.74) is 4.47. The highest BCUT2D eigenvalue weighted by atomic mass is 16.2. The Labute approximate surface area is 138 Å². The molecular weight excluding hydrogens is 304 g/mol. The second-order valence-electron chi connectivity index (χ2n) is 6.27. The van der Waals surface area contributed by atoms with E-state index in [1.165, 1.54) is 0 Å². The summed E-state index contributed by atoms with van der Waals surface area (Å²) in [5, 5.41) is 11.0. The van der Waals surface area contributed by atoms with Crippen LogP contribution >= 0.6 is 0 Å². The fourth-order valence-electron chi connectivity index (χ4n) is 3.25. The zero-order valence-electron chi connectivity index (χ0n) is 13.4. The molecule has 122 valence electrons. The molecule has 0 atom stereocenters. The summed E-state index contributed by atoms with van der Waals surface area (Å²) < 4.78 is 0. The first-order valence-electron chi connectivity index (χ1n) is 8.13. The molecule has 0 unspecified atom stereocenters. The fraction of sp³-hybridized carbons (Fsp3) is 0.278. The maximum absolute atomic E-state index is 12.5. The average molecular weight is 322 g/mol. The standard InChI is InChI=1S/C18H18N4O2/c1-10-8-11-6-7-12(9-15(11)20-17(10)23)19-18(24)16-13-4-2-3-5-14(13)21-22-16/h6-9H,2-5H2,1H3,(H,19,24)(H,20,23)(H,21,22). The number of nitrogens with zero attached hydrogens (tertiary/aromatic N) is 1. The van der Waals surface area contributed by atoms with Crippen molar-refractivity contribution in [1.82, 2.24) is 15.2 Å². The van der Waals surface area contributed by atoms with Gasteiger partial charge < -0.3 is 10.3 Å². The van der Waals surface area contributed by atoms with Crippen molar-refractivity contribution in [3.8, 4) is 0 Å². The lowest BCUT2D eigenvalue weighted by molar-refractivity contribution is 0.102. The van der Waals surface area contributed by atoms with Gasteiger partial charge in [-0.25, -0.2) is 0 Å². The smallest absolute Gasteiger partial charge is 0.276 e. The highest BCUT2D eigenvalue weighted by Crippen LogP contribution is 2.23. The normalized spacial score (nSPS) is 13.7. The van der Waals surface area contributed by atoms with Crippen LogP contribution < -0.4 is 10.9 Å². The Morgan fingerprint density at radius 3 is 2.92 bits per heavy atom. The number of benzene rings is 1. The lowest BCUT2D eigenvalue weighted by Crippen LogP contribution is -2.16. The number of fused-ring (bicyclic) bond motifs is 2. The van der Waals surface area contributed by atoms with Gasteiger partial charge in [0.15, 0.2) is 5.69 Å². The van der Waals surface area contributed by atoms with Crippen molar-refractivity contribution in [3.63, 3.8) is 0 Å². The number of aromatic nitrogens is 3. The maximum Gasteiger partial charge on any atom is 0.276 e. The Bertz CT molecular complexity index is 1000. The summed E-state index contributed by atoms with van der Waals surface area (Å²) in [6.07, 6.45) is 4.06. The summed E-state index contributed by atoms with van der Waals surface area (Å²) in [6.45, 7) is 1.77. The number of hydrogen-bond donors (Lipinski definition) is 3. The monoisotopic (exact) mass is 322 g/mol. The van der Waals surface area contributed by atoms with Gasteiger partial charge in [-0.3, -0.25) is 14.7 Å². The number of nitrogens with one attached hydrogen (secondary N) is 3. The summed E-state index contributed by atoms with van der Waals surface area (Å²) in [6, 6.07) is 7.32. The molecule has 1 aliphatic carbocycles. The van der Waals surface area contributed by atoms with E-state index >= 15 is 0 Å². The van der Waals surface area contributed by atoms with Crippen molar-refractivity contribution in [2.24, 2.45) is 0 Å². The van der Waals surface area contributed by atoms with E-state index in [0.29, 0.717) is 22.5 Å². The topological polar surface area (TPSA) is 90.6 Å². The van der Waals surface area contributed by atoms with Crippen LogP contribution in [0.1, 0.15) is 40.2 Å². The first kappa shape index (κ1) is 14.7. The lowest BCUT2D eigenvalue weighted by Gasteiger charge is -2.11. The summed E-state index contributed by atoms with van der Waals surface area (Å²) in [7, 11) is 0. The van der Waals surface area contributed by atoms with Crippen molar-refractivity contribution >= 4 is 22.5 Å². The van der Waals surface area contributed by atoms with Crippen molar-refractivity contribution < 1.29 is 4.79 Å². The minimum Gasteiger partial charge on any atom is -0.322 e. The van der Waals surface area contributed by atoms with Gasteiger partial charge in [0.05, 0.1) is 5.52 Å². The number of H-pyrrole nitrogens is 2. The SMILES string of the molecule is Cc1cc2ccc(NC(=O)c3n[nH]c4c3CCCC4)cc2[nH]c1=O. The van der Waals surface area contributed by atoms with Crippen LogP contribution in [-0.2, 0) is 12.8 Å². The zero-order valence-corrected chi connectivity index (χ0v) is 13.4. The van der Waals surface area contributed by atoms with Gasteiger partial charge in [0, 0.05) is 22.5 Å². The van der Waals surface area contributed by atoms with E-state index in [9.17, 15) is 9.59 Å². The molecule has 3 N–H and O–H groups in total. The van der Waals surface area contributed by atoms with E-state index < -0.39 is 0 Å². The van der Waals surface area contributed by atoms with E-state index in [1.54, 1.807) is 13.0 Å². The van der Waals surface area contributed by atoms with Crippen LogP contribution in [0.3, 0.4) is 0 Å². The molecule has 6 heteroatoms. The minimum absolute atomic E-state index is 0.118. The van der Waals surface area contributed by atoms with Gasteiger partial charge in [0.1, 0.15) is 0 Å². The molecule has 0 aliphatic heterocycles. The highest BCUT2D eigenvalue weighted by molar-refractivity contribution is 6.04. The molecule has 1 aromatic carbocycles. The van der Waals surface area contributed by atoms with Crippen LogP contribution in [0.25, 0.3) is 10.9 Å². The molecule has 0 spiro atoms. The van der Waals surface area contributed by atoms with E-state index in [4.69, 9.17) is 0 Å². The zero-order chi connectivity index (χ0) is 16.7. The third-order valence-electron chi connectivity index (χ3n) is 4.56. The van der Waals surface area contributed by atoms with E-state index in [2.05, 4.69) is 20.5 Å². The fourth-order valence-corrected chi connectivity index (χ4v) is 3.25. The minimum atomic E-state index is -0.219. The number of aryl methyl sites for hydroxylation is 2. The van der Waals surface area contributed by atoms with E-state index in [1.807, 2.05) is 18.2 Å². The van der Waals surface area contributed by atoms with Gasteiger partial charge in [-0.15, -0.1) is 0 Å². The Morgan fingerprint density at radius 2 is 2.04 bits per heavy atom. The Hall–Kier alpha value is -2.89. The summed E-state index contributed by atoms with van der Waals surface area (Å²) in [4.78, 5) is 27.1. The molecule has 1 aliphatic rings. The van der Waals surface area contributed by atoms with Gasteiger partial charge >= 0.3 is 0 Å². The van der Waals surface area contributed by atoms with Crippen molar-refractivity contribution in [3.05, 3.63) is 57.1 Å². The molecule has 1 amide bonds. The third-order valence-corrected chi connectivity index (χ3v) is 4.56. The molecule has 4 rings (SSSR count). The number of rotatable bonds is 2. The first-order valence-corrected chi connectivity index (χ1v) is 8.13. The number of carbonyl (C=O) groups is 1. The first-order chi connectivity index (χ1) is 11.6. The van der Waals surface area contributed by atoms with Crippen LogP contribution in [0, 0.1) is 6.92 Å². The second kappa shape index (κ2) is 5.63. The Kier molecular flexibility index (Phi) is 3.45. The third kappa shape index (κ3) is 2.50. The molecule has 3 aromatic rings. The van der Waals surface area contributed by atoms with Crippen molar-refractivity contribution in [2.75, 3.05) is 5.32 Å². The molecule has 0 saturated carbocycles. The molecular formula is C18H18N4O2. The van der Waals surface area contributed by atoms with Crippen molar-refractivity contribution in [1.29, 1.82) is 0 Å². The molecule has 0 fully saturated rings. The maximum atomic E-state index is 12.5. The molecule has 6 nitrogen and oxygen atoms in total. The van der Waals surface area contributed by atoms with E-state index in [-0.39, 0.29) is 11.5 Å². The van der Waals surface area contributed by atoms with Crippen molar-refractivity contribution in [2.45, 2.75) is 32.6 Å². The van der Waals surface area contributed by atoms with Gasteiger partial charge in [-0.2, -0.15) is 5.10 Å². The van der Waals surface area contributed by atoms with Crippen LogP contribution in [0.5, 0.6) is 0 Å². The quantitative estimate of drug-likeness (QED) is 0.677. The number of hydrogen-bond acceptors (Lipinski definition) is 3. The molecule has 24 heavy (non-hydrogen) atoms. The largest absolute Gasteiger partial charge is 0.322 e. The number of aromatic amines is 2. The van der Waals surface area contributed by atoms with E-state index in [0.717, 1.165) is 42.3 Å². The van der Waals surface area contributed by atoms with Gasteiger partial charge in [-0.1, -0.05) is 6.07 Å². The number of amides is 1. The molecule has 0 radical (unpaired) electrons. The molecule has 0 bridgehead atoms. The average Bonchev–Trinajstić information content (AvgIpc) is 3.00. The Balaban J connectivity index is 1.64. The summed E-state index contributed by atoms with van der Waals surface area (Å²) in [5.74, 6) is -0.219. The van der Waals surface area contributed by atoms with Crippen LogP contribution in [0.4, 0.5) is 5.69 Å². The number of carbonyl (C=O) groups excluding carboxylic acids is 1. The second-order valence-corrected chi connectivity index (χ2v) is 6.27. The predicted molar refractivity (Wildman–Crippen MR) is 92.5 cm³/mol. The Morgan fingerprint density at radius 1 is 1.21 bits per heavy atom.